The lowest BCUT2D eigenvalue weighted by Gasteiger charge is -2.12. The van der Waals surface area contributed by atoms with Gasteiger partial charge < -0.3 is 5.32 Å². The molecule has 0 fully saturated rings. The number of carbonyl (C=O) groups excluding carboxylic acids is 1. The first-order valence-electron chi connectivity index (χ1n) is 8.36. The van der Waals surface area contributed by atoms with Crippen LogP contribution >= 0.6 is 27.7 Å². The summed E-state index contributed by atoms with van der Waals surface area (Å²) in [6.45, 7) is 4.18. The summed E-state index contributed by atoms with van der Waals surface area (Å²) in [4.78, 5) is 12.8. The number of hydrogen-bond acceptors (Lipinski definition) is 3. The van der Waals surface area contributed by atoms with Crippen LogP contribution < -0.4 is 5.32 Å². The molecule has 3 aromatic rings. The lowest BCUT2D eigenvalue weighted by atomic mass is 10.1. The molecule has 0 atom stereocenters. The normalized spacial score (nSPS) is 12.9. The highest BCUT2D eigenvalue weighted by atomic mass is 79.9. The van der Waals surface area contributed by atoms with Gasteiger partial charge in [0.15, 0.2) is 0 Å². The Morgan fingerprint density at radius 2 is 2.00 bits per heavy atom. The van der Waals surface area contributed by atoms with E-state index >= 15 is 0 Å². The van der Waals surface area contributed by atoms with E-state index in [2.05, 4.69) is 47.2 Å². The van der Waals surface area contributed by atoms with E-state index in [0.717, 1.165) is 38.7 Å². The first-order chi connectivity index (χ1) is 12.5. The van der Waals surface area contributed by atoms with Crippen molar-refractivity contribution in [2.24, 2.45) is 0 Å². The van der Waals surface area contributed by atoms with Gasteiger partial charge in [0.25, 0.3) is 5.91 Å². The Hall–Kier alpha value is -2.05. The standard InChI is InChI=1S/C20H18BrN3OS/c1-12-6-7-16(8-13(12)2)24-19(17-10-26-11-18(17)23-24)22-20(25)14-4-3-5-15(21)9-14/h3-9H,10-11H2,1-2H3,(H,22,25). The Bertz CT molecular complexity index is 1010. The summed E-state index contributed by atoms with van der Waals surface area (Å²) >= 11 is 5.25. The van der Waals surface area contributed by atoms with Gasteiger partial charge in [-0.2, -0.15) is 16.9 Å². The molecule has 1 aliphatic heterocycles. The third-order valence-corrected chi connectivity index (χ3v) is 6.07. The second kappa shape index (κ2) is 6.93. The number of nitrogens with zero attached hydrogens (tertiary/aromatic N) is 2. The van der Waals surface area contributed by atoms with E-state index in [1.54, 1.807) is 0 Å². The number of nitrogens with one attached hydrogen (secondary N) is 1. The van der Waals surface area contributed by atoms with Crippen LogP contribution in [-0.2, 0) is 11.5 Å². The molecule has 1 aliphatic rings. The number of benzene rings is 2. The van der Waals surface area contributed by atoms with E-state index in [1.807, 2.05) is 46.8 Å². The minimum Gasteiger partial charge on any atom is -0.306 e. The van der Waals surface area contributed by atoms with Crippen molar-refractivity contribution in [2.45, 2.75) is 25.4 Å². The summed E-state index contributed by atoms with van der Waals surface area (Å²) < 4.78 is 2.75. The van der Waals surface area contributed by atoms with Crippen molar-refractivity contribution >= 4 is 39.4 Å². The molecule has 0 spiro atoms. The predicted octanol–water partition coefficient (Wildman–Crippen LogP) is 5.25. The molecule has 132 valence electrons. The summed E-state index contributed by atoms with van der Waals surface area (Å²) in [6, 6.07) is 13.6. The van der Waals surface area contributed by atoms with E-state index in [-0.39, 0.29) is 5.91 Å². The maximum atomic E-state index is 12.8. The Kier molecular flexibility index (Phi) is 4.63. The average Bonchev–Trinajstić information content (AvgIpc) is 3.20. The van der Waals surface area contributed by atoms with Crippen LogP contribution in [0.3, 0.4) is 0 Å². The van der Waals surface area contributed by atoms with Gasteiger partial charge in [0.05, 0.1) is 11.4 Å². The van der Waals surface area contributed by atoms with Gasteiger partial charge in [0.2, 0.25) is 0 Å². The molecular formula is C20H18BrN3OS. The van der Waals surface area contributed by atoms with Crippen molar-refractivity contribution in [1.82, 2.24) is 9.78 Å². The van der Waals surface area contributed by atoms with Crippen LogP contribution in [0, 0.1) is 13.8 Å². The van der Waals surface area contributed by atoms with Crippen LogP contribution in [0.15, 0.2) is 46.9 Å². The van der Waals surface area contributed by atoms with Gasteiger partial charge in [-0.3, -0.25) is 4.79 Å². The molecule has 0 radical (unpaired) electrons. The fraction of sp³-hybridized carbons (Fsp3) is 0.200. The fourth-order valence-corrected chi connectivity index (χ4v) is 4.43. The monoisotopic (exact) mass is 427 g/mol. The van der Waals surface area contributed by atoms with Gasteiger partial charge in [-0.25, -0.2) is 4.68 Å². The zero-order chi connectivity index (χ0) is 18.3. The third-order valence-electron chi connectivity index (χ3n) is 4.61. The molecule has 1 amide bonds. The smallest absolute Gasteiger partial charge is 0.256 e. The second-order valence-electron chi connectivity index (χ2n) is 6.41. The molecule has 0 saturated heterocycles. The van der Waals surface area contributed by atoms with Crippen LogP contribution in [0.4, 0.5) is 5.82 Å². The number of halogens is 1. The maximum Gasteiger partial charge on any atom is 0.256 e. The molecule has 2 heterocycles. The summed E-state index contributed by atoms with van der Waals surface area (Å²) in [7, 11) is 0. The first kappa shape index (κ1) is 17.4. The molecule has 6 heteroatoms. The molecule has 0 saturated carbocycles. The van der Waals surface area contributed by atoms with E-state index in [1.165, 1.54) is 11.1 Å². The van der Waals surface area contributed by atoms with Crippen LogP contribution in [0.2, 0.25) is 0 Å². The van der Waals surface area contributed by atoms with E-state index in [9.17, 15) is 4.79 Å². The van der Waals surface area contributed by atoms with Gasteiger partial charge in [-0.1, -0.05) is 28.1 Å². The predicted molar refractivity (Wildman–Crippen MR) is 110 cm³/mol. The Morgan fingerprint density at radius 3 is 2.77 bits per heavy atom. The number of thioether (sulfide) groups is 1. The van der Waals surface area contributed by atoms with Gasteiger partial charge in [0, 0.05) is 27.1 Å². The molecule has 4 nitrogen and oxygen atoms in total. The third kappa shape index (κ3) is 3.19. The topological polar surface area (TPSA) is 46.9 Å². The number of fused-ring (bicyclic) bond motifs is 1. The fourth-order valence-electron chi connectivity index (χ4n) is 2.99. The molecule has 1 aromatic heterocycles. The molecule has 2 aromatic carbocycles. The van der Waals surface area contributed by atoms with Crippen molar-refractivity contribution in [3.8, 4) is 5.69 Å². The van der Waals surface area contributed by atoms with E-state index in [0.29, 0.717) is 5.56 Å². The summed E-state index contributed by atoms with van der Waals surface area (Å²) in [5.74, 6) is 2.40. The van der Waals surface area contributed by atoms with Crippen LogP contribution in [0.5, 0.6) is 0 Å². The maximum absolute atomic E-state index is 12.8. The summed E-state index contributed by atoms with van der Waals surface area (Å²) in [6.07, 6.45) is 0. The highest BCUT2D eigenvalue weighted by Crippen LogP contribution is 2.36. The molecular weight excluding hydrogens is 410 g/mol. The van der Waals surface area contributed by atoms with Crippen LogP contribution in [0.1, 0.15) is 32.7 Å². The number of carbonyl (C=O) groups is 1. The van der Waals surface area contributed by atoms with Crippen molar-refractivity contribution < 1.29 is 4.79 Å². The second-order valence-corrected chi connectivity index (χ2v) is 8.31. The van der Waals surface area contributed by atoms with Gasteiger partial charge in [0.1, 0.15) is 5.82 Å². The molecule has 0 bridgehead atoms. The van der Waals surface area contributed by atoms with Crippen molar-refractivity contribution in [3.05, 3.63) is 74.9 Å². The number of aryl methyl sites for hydroxylation is 2. The van der Waals surface area contributed by atoms with Gasteiger partial charge in [-0.15, -0.1) is 0 Å². The number of amides is 1. The minimum atomic E-state index is -0.129. The number of aromatic nitrogens is 2. The first-order valence-corrected chi connectivity index (χ1v) is 10.3. The zero-order valence-corrected chi connectivity index (χ0v) is 16.9. The molecule has 0 unspecified atom stereocenters. The van der Waals surface area contributed by atoms with E-state index in [4.69, 9.17) is 5.10 Å². The molecule has 4 rings (SSSR count). The quantitative estimate of drug-likeness (QED) is 0.620. The molecule has 0 aliphatic carbocycles. The van der Waals surface area contributed by atoms with Crippen LogP contribution in [0.25, 0.3) is 5.69 Å². The number of anilines is 1. The number of rotatable bonds is 3. The highest BCUT2D eigenvalue weighted by molar-refractivity contribution is 9.10. The van der Waals surface area contributed by atoms with Gasteiger partial charge >= 0.3 is 0 Å². The van der Waals surface area contributed by atoms with Crippen molar-refractivity contribution in [3.63, 3.8) is 0 Å². The lowest BCUT2D eigenvalue weighted by molar-refractivity contribution is 0.102. The molecule has 26 heavy (non-hydrogen) atoms. The van der Waals surface area contributed by atoms with Crippen molar-refractivity contribution in [1.29, 1.82) is 0 Å². The zero-order valence-electron chi connectivity index (χ0n) is 14.5. The van der Waals surface area contributed by atoms with Crippen LogP contribution in [-0.4, -0.2) is 15.7 Å². The van der Waals surface area contributed by atoms with Gasteiger partial charge in [-0.05, 0) is 55.3 Å². The number of hydrogen-bond donors (Lipinski definition) is 1. The SMILES string of the molecule is Cc1ccc(-n2nc3c(c2NC(=O)c2cccc(Br)c2)CSC3)cc1C. The van der Waals surface area contributed by atoms with Crippen molar-refractivity contribution in [2.75, 3.05) is 5.32 Å². The van der Waals surface area contributed by atoms with E-state index < -0.39 is 0 Å². The highest BCUT2D eigenvalue weighted by Gasteiger charge is 2.25. The largest absolute Gasteiger partial charge is 0.306 e. The lowest BCUT2D eigenvalue weighted by Crippen LogP contribution is -2.16. The summed E-state index contributed by atoms with van der Waals surface area (Å²) in [5.41, 5.74) is 6.21. The summed E-state index contributed by atoms with van der Waals surface area (Å²) in [5, 5.41) is 7.86. The average molecular weight is 428 g/mol. The Balaban J connectivity index is 1.75. The Morgan fingerprint density at radius 1 is 1.15 bits per heavy atom. The molecule has 1 N–H and O–H groups in total. The Labute approximate surface area is 165 Å². The minimum absolute atomic E-state index is 0.129.